The lowest BCUT2D eigenvalue weighted by atomic mass is 10.1. The summed E-state index contributed by atoms with van der Waals surface area (Å²) in [5.41, 5.74) is 2.12. The molecule has 2 aromatic rings. The average molecular weight is 289 g/mol. The van der Waals surface area contributed by atoms with Crippen LogP contribution in [0.3, 0.4) is 0 Å². The topological polar surface area (TPSA) is 104 Å². The zero-order valence-electron chi connectivity index (χ0n) is 11.3. The number of hydrogen-bond donors (Lipinski definition) is 3. The Labute approximate surface area is 119 Å². The minimum absolute atomic E-state index is 0.0805. The highest BCUT2D eigenvalue weighted by atomic mass is 16.4. The van der Waals surface area contributed by atoms with Gasteiger partial charge in [0.2, 0.25) is 11.8 Å². The van der Waals surface area contributed by atoms with Crippen molar-refractivity contribution in [3.05, 3.63) is 34.3 Å². The maximum absolute atomic E-state index is 11.8. The lowest BCUT2D eigenvalue weighted by molar-refractivity contribution is -0.125. The summed E-state index contributed by atoms with van der Waals surface area (Å²) in [6, 6.07) is 5.01. The van der Waals surface area contributed by atoms with Crippen molar-refractivity contribution in [3.63, 3.8) is 0 Å². The fourth-order valence-electron chi connectivity index (χ4n) is 2.41. The van der Waals surface area contributed by atoms with Gasteiger partial charge in [0, 0.05) is 13.0 Å². The van der Waals surface area contributed by atoms with Gasteiger partial charge in [-0.2, -0.15) is 0 Å². The molecule has 0 saturated carbocycles. The summed E-state index contributed by atoms with van der Waals surface area (Å²) >= 11 is 0. The molecule has 2 amide bonds. The van der Waals surface area contributed by atoms with Crippen molar-refractivity contribution in [2.24, 2.45) is 0 Å². The third-order valence-corrected chi connectivity index (χ3v) is 3.51. The minimum atomic E-state index is -0.479. The molecule has 0 aliphatic carbocycles. The monoisotopic (exact) mass is 289 g/mol. The molecule has 2 heterocycles. The van der Waals surface area contributed by atoms with E-state index in [0.29, 0.717) is 36.9 Å². The molecule has 1 unspecified atom stereocenters. The lowest BCUT2D eigenvalue weighted by Gasteiger charge is -2.10. The molecular weight excluding hydrogens is 274 g/mol. The number of amides is 2. The molecule has 7 nitrogen and oxygen atoms in total. The van der Waals surface area contributed by atoms with E-state index >= 15 is 0 Å². The first-order valence-corrected chi connectivity index (χ1v) is 6.80. The Morgan fingerprint density at radius 1 is 1.38 bits per heavy atom. The second kappa shape index (κ2) is 5.43. The Kier molecular flexibility index (Phi) is 3.47. The van der Waals surface area contributed by atoms with Crippen LogP contribution in [-0.2, 0) is 16.0 Å². The van der Waals surface area contributed by atoms with Gasteiger partial charge >= 0.3 is 5.76 Å². The van der Waals surface area contributed by atoms with Crippen LogP contribution in [0.4, 0.5) is 0 Å². The number of H-pyrrole nitrogens is 1. The van der Waals surface area contributed by atoms with E-state index in [1.165, 1.54) is 0 Å². The van der Waals surface area contributed by atoms with Crippen LogP contribution >= 0.6 is 0 Å². The first-order valence-electron chi connectivity index (χ1n) is 6.80. The molecular formula is C14H15N3O4. The number of fused-ring (bicyclic) bond motifs is 1. The lowest BCUT2D eigenvalue weighted by Crippen LogP contribution is -2.42. The molecule has 1 aliphatic rings. The zero-order chi connectivity index (χ0) is 14.8. The standard InChI is InChI=1S/C14H15N3O4/c18-12-4-3-10(16-12)13(19)15-6-5-8-1-2-9-11(7-8)21-14(20)17-9/h1-2,7,10H,3-6H2,(H,15,19)(H,16,18)(H,17,20). The van der Waals surface area contributed by atoms with E-state index in [2.05, 4.69) is 15.6 Å². The summed E-state index contributed by atoms with van der Waals surface area (Å²) in [5, 5.41) is 5.42. The van der Waals surface area contributed by atoms with Crippen LogP contribution in [-0.4, -0.2) is 29.4 Å². The van der Waals surface area contributed by atoms with Gasteiger partial charge in [0.25, 0.3) is 0 Å². The van der Waals surface area contributed by atoms with Crippen LogP contribution in [0, 0.1) is 0 Å². The molecule has 7 heteroatoms. The van der Waals surface area contributed by atoms with Crippen molar-refractivity contribution in [2.45, 2.75) is 25.3 Å². The van der Waals surface area contributed by atoms with Crippen LogP contribution in [0.1, 0.15) is 18.4 Å². The molecule has 1 fully saturated rings. The fourth-order valence-corrected chi connectivity index (χ4v) is 2.41. The summed E-state index contributed by atoms with van der Waals surface area (Å²) < 4.78 is 4.98. The molecule has 110 valence electrons. The molecule has 0 bridgehead atoms. The third-order valence-electron chi connectivity index (χ3n) is 3.51. The number of aromatic nitrogens is 1. The highest BCUT2D eigenvalue weighted by Gasteiger charge is 2.26. The van der Waals surface area contributed by atoms with Gasteiger partial charge < -0.3 is 15.1 Å². The molecule has 1 aliphatic heterocycles. The van der Waals surface area contributed by atoms with Gasteiger partial charge in [-0.05, 0) is 30.5 Å². The van der Waals surface area contributed by atoms with E-state index in [0.717, 1.165) is 5.56 Å². The fraction of sp³-hybridized carbons (Fsp3) is 0.357. The molecule has 1 saturated heterocycles. The number of carbonyl (C=O) groups excluding carboxylic acids is 2. The highest BCUT2D eigenvalue weighted by Crippen LogP contribution is 2.12. The average Bonchev–Trinajstić information content (AvgIpc) is 3.03. The van der Waals surface area contributed by atoms with E-state index < -0.39 is 11.8 Å². The van der Waals surface area contributed by atoms with Crippen LogP contribution in [0.25, 0.3) is 11.1 Å². The number of carbonyl (C=O) groups is 2. The number of aromatic amines is 1. The van der Waals surface area contributed by atoms with E-state index in [1.807, 2.05) is 6.07 Å². The van der Waals surface area contributed by atoms with Gasteiger partial charge in [0.05, 0.1) is 5.52 Å². The first-order chi connectivity index (χ1) is 10.1. The maximum atomic E-state index is 11.8. The predicted molar refractivity (Wildman–Crippen MR) is 74.7 cm³/mol. The molecule has 1 aromatic heterocycles. The van der Waals surface area contributed by atoms with E-state index in [9.17, 15) is 14.4 Å². The van der Waals surface area contributed by atoms with Crippen molar-refractivity contribution < 1.29 is 14.0 Å². The molecule has 0 radical (unpaired) electrons. The molecule has 1 aromatic carbocycles. The quantitative estimate of drug-likeness (QED) is 0.740. The number of oxazole rings is 1. The number of nitrogens with one attached hydrogen (secondary N) is 3. The van der Waals surface area contributed by atoms with Crippen LogP contribution in [0.15, 0.2) is 27.4 Å². The maximum Gasteiger partial charge on any atom is 0.417 e. The van der Waals surface area contributed by atoms with Gasteiger partial charge in [-0.3, -0.25) is 14.6 Å². The number of benzene rings is 1. The summed E-state index contributed by atoms with van der Waals surface area (Å²) in [6.07, 6.45) is 1.57. The Balaban J connectivity index is 1.55. The highest BCUT2D eigenvalue weighted by molar-refractivity contribution is 5.90. The largest absolute Gasteiger partial charge is 0.417 e. The summed E-state index contributed by atoms with van der Waals surface area (Å²) in [5.74, 6) is -0.717. The third kappa shape index (κ3) is 2.96. The van der Waals surface area contributed by atoms with E-state index in [-0.39, 0.29) is 11.8 Å². The first kappa shape index (κ1) is 13.4. The smallest absolute Gasteiger partial charge is 0.408 e. The van der Waals surface area contributed by atoms with Gasteiger partial charge in [-0.15, -0.1) is 0 Å². The van der Waals surface area contributed by atoms with Gasteiger partial charge in [-0.25, -0.2) is 4.79 Å². The predicted octanol–water partition coefficient (Wildman–Crippen LogP) is 0.0584. The zero-order valence-corrected chi connectivity index (χ0v) is 11.3. The summed E-state index contributed by atoms with van der Waals surface area (Å²) in [6.45, 7) is 0.464. The Morgan fingerprint density at radius 3 is 3.00 bits per heavy atom. The minimum Gasteiger partial charge on any atom is -0.408 e. The van der Waals surface area contributed by atoms with E-state index in [1.54, 1.807) is 12.1 Å². The van der Waals surface area contributed by atoms with Gasteiger partial charge in [0.1, 0.15) is 6.04 Å². The van der Waals surface area contributed by atoms with Crippen molar-refractivity contribution in [3.8, 4) is 0 Å². The molecule has 1 atom stereocenters. The summed E-state index contributed by atoms with van der Waals surface area (Å²) in [4.78, 5) is 36.5. The van der Waals surface area contributed by atoms with Crippen molar-refractivity contribution in [1.29, 1.82) is 0 Å². The number of rotatable bonds is 4. The second-order valence-corrected chi connectivity index (χ2v) is 5.04. The molecule has 21 heavy (non-hydrogen) atoms. The molecule has 0 spiro atoms. The molecule has 3 rings (SSSR count). The van der Waals surface area contributed by atoms with Crippen molar-refractivity contribution in [2.75, 3.05) is 6.54 Å². The van der Waals surface area contributed by atoms with Crippen LogP contribution in [0.5, 0.6) is 0 Å². The second-order valence-electron chi connectivity index (χ2n) is 5.04. The Hall–Kier alpha value is -2.57. The van der Waals surface area contributed by atoms with Crippen LogP contribution < -0.4 is 16.4 Å². The molecule has 3 N–H and O–H groups in total. The summed E-state index contributed by atoms with van der Waals surface area (Å²) in [7, 11) is 0. The number of hydrogen-bond acceptors (Lipinski definition) is 4. The van der Waals surface area contributed by atoms with Crippen molar-refractivity contribution in [1.82, 2.24) is 15.6 Å². The Morgan fingerprint density at radius 2 is 2.24 bits per heavy atom. The van der Waals surface area contributed by atoms with E-state index in [4.69, 9.17) is 4.42 Å². The van der Waals surface area contributed by atoms with Gasteiger partial charge in [0.15, 0.2) is 5.58 Å². The SMILES string of the molecule is O=C1CCC(C(=O)NCCc2ccc3[nH]c(=O)oc3c2)N1. The van der Waals surface area contributed by atoms with Crippen LogP contribution in [0.2, 0.25) is 0 Å². The van der Waals surface area contributed by atoms with Crippen molar-refractivity contribution >= 4 is 22.9 Å². The normalized spacial score (nSPS) is 17.9. The Bertz CT molecular complexity index is 746. The van der Waals surface area contributed by atoms with Gasteiger partial charge in [-0.1, -0.05) is 6.07 Å².